The molecule has 0 saturated heterocycles. The molecule has 2 rings (SSSR count). The highest BCUT2D eigenvalue weighted by atomic mass is 32.2. The van der Waals surface area contributed by atoms with Crippen LogP contribution in [0.2, 0.25) is 0 Å². The smallest absolute Gasteiger partial charge is 0.311 e. The van der Waals surface area contributed by atoms with Crippen LogP contribution in [0.15, 0.2) is 52.3 Å². The Bertz CT molecular complexity index is 796. The molecule has 0 radical (unpaired) electrons. The molecule has 7 heteroatoms. The summed E-state index contributed by atoms with van der Waals surface area (Å²) in [5.41, 5.74) is 1.31. The van der Waals surface area contributed by atoms with E-state index in [1.807, 2.05) is 0 Å². The zero-order valence-electron chi connectivity index (χ0n) is 11.2. The Morgan fingerprint density at radius 3 is 2.29 bits per heavy atom. The molecule has 1 aromatic carbocycles. The van der Waals surface area contributed by atoms with Crippen LogP contribution in [0, 0.1) is 6.92 Å². The second-order valence-corrected chi connectivity index (χ2v) is 6.54. The standard InChI is InChI=1S/C14H13F2NO3S/c1-10-6-7-17(13(18)8-10)9-11-2-4-12(5-3-11)21(19,20)14(15)16/h2-8,14H,9H2,1H3. The Labute approximate surface area is 120 Å². The minimum atomic E-state index is -4.58. The maximum absolute atomic E-state index is 12.4. The lowest BCUT2D eigenvalue weighted by molar-refractivity contribution is 0.234. The Balaban J connectivity index is 2.26. The van der Waals surface area contributed by atoms with Gasteiger partial charge in [-0.3, -0.25) is 4.79 Å². The van der Waals surface area contributed by atoms with E-state index in [0.29, 0.717) is 5.56 Å². The zero-order valence-corrected chi connectivity index (χ0v) is 12.0. The van der Waals surface area contributed by atoms with Gasteiger partial charge in [0.15, 0.2) is 0 Å². The van der Waals surface area contributed by atoms with Crippen LogP contribution in [0.5, 0.6) is 0 Å². The molecule has 112 valence electrons. The summed E-state index contributed by atoms with van der Waals surface area (Å²) >= 11 is 0. The number of benzene rings is 1. The molecule has 21 heavy (non-hydrogen) atoms. The Hall–Kier alpha value is -2.02. The number of pyridine rings is 1. The molecule has 2 aromatic rings. The van der Waals surface area contributed by atoms with Gasteiger partial charge >= 0.3 is 5.76 Å². The summed E-state index contributed by atoms with van der Waals surface area (Å²) in [4.78, 5) is 11.3. The highest BCUT2D eigenvalue weighted by molar-refractivity contribution is 7.91. The predicted molar refractivity (Wildman–Crippen MR) is 74.2 cm³/mol. The van der Waals surface area contributed by atoms with Crippen LogP contribution in [-0.2, 0) is 16.4 Å². The van der Waals surface area contributed by atoms with Crippen molar-refractivity contribution in [2.75, 3.05) is 0 Å². The molecule has 1 aromatic heterocycles. The van der Waals surface area contributed by atoms with E-state index < -0.39 is 20.5 Å². The predicted octanol–water partition coefficient (Wildman–Crippen LogP) is 2.20. The lowest BCUT2D eigenvalue weighted by atomic mass is 10.2. The molecule has 0 atom stereocenters. The summed E-state index contributed by atoms with van der Waals surface area (Å²) in [6, 6.07) is 8.34. The minimum absolute atomic E-state index is 0.181. The Kier molecular flexibility index (Phi) is 4.22. The van der Waals surface area contributed by atoms with Gasteiger partial charge in [0.2, 0.25) is 9.84 Å². The number of halogens is 2. The van der Waals surface area contributed by atoms with Gasteiger partial charge in [0, 0.05) is 12.3 Å². The first-order valence-corrected chi connectivity index (χ1v) is 7.63. The zero-order chi connectivity index (χ0) is 15.6. The lowest BCUT2D eigenvalue weighted by Crippen LogP contribution is -2.19. The number of aromatic nitrogens is 1. The second kappa shape index (κ2) is 5.77. The first-order valence-electron chi connectivity index (χ1n) is 6.09. The highest BCUT2D eigenvalue weighted by Crippen LogP contribution is 2.18. The molecule has 0 aliphatic rings. The van der Waals surface area contributed by atoms with Crippen molar-refractivity contribution < 1.29 is 17.2 Å². The number of hydrogen-bond acceptors (Lipinski definition) is 3. The first kappa shape index (κ1) is 15.4. The van der Waals surface area contributed by atoms with E-state index in [-0.39, 0.29) is 12.1 Å². The van der Waals surface area contributed by atoms with Gasteiger partial charge < -0.3 is 4.57 Å². The van der Waals surface area contributed by atoms with Crippen LogP contribution < -0.4 is 5.56 Å². The fraction of sp³-hybridized carbons (Fsp3) is 0.214. The molecule has 0 spiro atoms. The fourth-order valence-electron chi connectivity index (χ4n) is 1.82. The summed E-state index contributed by atoms with van der Waals surface area (Å²) < 4.78 is 48.8. The van der Waals surface area contributed by atoms with Crippen molar-refractivity contribution in [1.82, 2.24) is 4.57 Å². The number of nitrogens with zero attached hydrogens (tertiary/aromatic N) is 1. The maximum Gasteiger partial charge on any atom is 0.341 e. The number of rotatable bonds is 4. The fourth-order valence-corrected chi connectivity index (χ4v) is 2.54. The highest BCUT2D eigenvalue weighted by Gasteiger charge is 2.26. The van der Waals surface area contributed by atoms with E-state index in [4.69, 9.17) is 0 Å². The third-order valence-electron chi connectivity index (χ3n) is 2.99. The monoisotopic (exact) mass is 313 g/mol. The molecule has 0 fully saturated rings. The van der Waals surface area contributed by atoms with Gasteiger partial charge in [-0.15, -0.1) is 0 Å². The summed E-state index contributed by atoms with van der Waals surface area (Å²) in [5, 5.41) is 0. The molecule has 0 amide bonds. The molecule has 0 bridgehead atoms. The normalized spacial score (nSPS) is 11.8. The third kappa shape index (κ3) is 3.36. The number of alkyl halides is 2. The molecule has 0 aliphatic carbocycles. The van der Waals surface area contributed by atoms with Crippen molar-refractivity contribution in [2.45, 2.75) is 24.1 Å². The van der Waals surface area contributed by atoms with Crippen LogP contribution in [0.1, 0.15) is 11.1 Å². The van der Waals surface area contributed by atoms with Gasteiger partial charge in [0.25, 0.3) is 5.56 Å². The van der Waals surface area contributed by atoms with Crippen molar-refractivity contribution >= 4 is 9.84 Å². The lowest BCUT2D eigenvalue weighted by Gasteiger charge is -2.07. The Morgan fingerprint density at radius 1 is 1.14 bits per heavy atom. The molecular weight excluding hydrogens is 300 g/mol. The van der Waals surface area contributed by atoms with E-state index in [0.717, 1.165) is 17.7 Å². The van der Waals surface area contributed by atoms with Gasteiger partial charge in [-0.05, 0) is 36.2 Å². The SMILES string of the molecule is Cc1ccn(Cc2ccc(S(=O)(=O)C(F)F)cc2)c(=O)c1. The molecule has 0 saturated carbocycles. The van der Waals surface area contributed by atoms with Gasteiger partial charge in [0.05, 0.1) is 11.4 Å². The van der Waals surface area contributed by atoms with Crippen molar-refractivity contribution in [3.05, 3.63) is 64.1 Å². The van der Waals surface area contributed by atoms with Gasteiger partial charge in [-0.25, -0.2) is 8.42 Å². The van der Waals surface area contributed by atoms with E-state index in [1.54, 1.807) is 19.2 Å². The van der Waals surface area contributed by atoms with Crippen LogP contribution in [0.25, 0.3) is 0 Å². The largest absolute Gasteiger partial charge is 0.341 e. The van der Waals surface area contributed by atoms with Crippen LogP contribution >= 0.6 is 0 Å². The van der Waals surface area contributed by atoms with Gasteiger partial charge in [-0.2, -0.15) is 8.78 Å². The summed E-state index contributed by atoms with van der Waals surface area (Å²) in [6.45, 7) is 2.05. The minimum Gasteiger partial charge on any atom is -0.311 e. The van der Waals surface area contributed by atoms with Crippen molar-refractivity contribution in [2.24, 2.45) is 0 Å². The number of aryl methyl sites for hydroxylation is 1. The van der Waals surface area contributed by atoms with Crippen LogP contribution in [0.3, 0.4) is 0 Å². The third-order valence-corrected chi connectivity index (χ3v) is 4.39. The van der Waals surface area contributed by atoms with Gasteiger partial charge in [-0.1, -0.05) is 12.1 Å². The maximum atomic E-state index is 12.4. The molecular formula is C14H13F2NO3S. The molecule has 4 nitrogen and oxygen atoms in total. The molecule has 0 aliphatic heterocycles. The van der Waals surface area contributed by atoms with Crippen molar-refractivity contribution in [1.29, 1.82) is 0 Å². The van der Waals surface area contributed by atoms with Crippen molar-refractivity contribution in [3.63, 3.8) is 0 Å². The molecule has 0 N–H and O–H groups in total. The second-order valence-electron chi connectivity index (χ2n) is 4.62. The average Bonchev–Trinajstić information content (AvgIpc) is 2.42. The quantitative estimate of drug-likeness (QED) is 0.869. The van der Waals surface area contributed by atoms with E-state index in [9.17, 15) is 22.0 Å². The first-order chi connectivity index (χ1) is 9.80. The van der Waals surface area contributed by atoms with Gasteiger partial charge in [0.1, 0.15) is 0 Å². The molecule has 0 unspecified atom stereocenters. The topological polar surface area (TPSA) is 56.1 Å². The van der Waals surface area contributed by atoms with E-state index >= 15 is 0 Å². The van der Waals surface area contributed by atoms with Crippen LogP contribution in [0.4, 0.5) is 8.78 Å². The summed E-state index contributed by atoms with van der Waals surface area (Å²) in [5.74, 6) is -3.44. The molecule has 1 heterocycles. The number of hydrogen-bond donors (Lipinski definition) is 0. The number of sulfone groups is 1. The average molecular weight is 313 g/mol. The Morgan fingerprint density at radius 2 is 1.76 bits per heavy atom. The summed E-state index contributed by atoms with van der Waals surface area (Å²) in [7, 11) is -4.58. The summed E-state index contributed by atoms with van der Waals surface area (Å²) in [6.07, 6.45) is 1.63. The van der Waals surface area contributed by atoms with E-state index in [2.05, 4.69) is 0 Å². The van der Waals surface area contributed by atoms with Crippen molar-refractivity contribution in [3.8, 4) is 0 Å². The van der Waals surface area contributed by atoms with Crippen LogP contribution in [-0.4, -0.2) is 18.7 Å². The van der Waals surface area contributed by atoms with E-state index in [1.165, 1.54) is 22.8 Å².